The van der Waals surface area contributed by atoms with E-state index in [-0.39, 0.29) is 32.5 Å². The number of carbonyl (C=O) groups is 2. The van der Waals surface area contributed by atoms with Crippen LogP contribution < -0.4 is 0 Å². The summed E-state index contributed by atoms with van der Waals surface area (Å²) in [6.07, 6.45) is 7.15. The van der Waals surface area contributed by atoms with Crippen molar-refractivity contribution in [3.63, 3.8) is 0 Å². The number of halogens is 2. The van der Waals surface area contributed by atoms with Crippen molar-refractivity contribution in [1.29, 1.82) is 0 Å². The van der Waals surface area contributed by atoms with Gasteiger partial charge in [-0.3, -0.25) is 30.2 Å². The van der Waals surface area contributed by atoms with Crippen LogP contribution in [0.25, 0.3) is 11.1 Å². The zero-order chi connectivity index (χ0) is 28.2. The molecule has 2 aromatic heterocycles. The van der Waals surface area contributed by atoms with E-state index < -0.39 is 21.8 Å². The highest BCUT2D eigenvalue weighted by Crippen LogP contribution is 2.23. The molecule has 0 bridgehead atoms. The first-order chi connectivity index (χ1) is 18.0. The molecule has 0 aliphatic heterocycles. The molecule has 0 saturated carbocycles. The summed E-state index contributed by atoms with van der Waals surface area (Å²) < 4.78 is 0. The number of carboxylic acids is 2. The van der Waals surface area contributed by atoms with Gasteiger partial charge >= 0.3 is 11.9 Å². The fraction of sp³-hybridized carbons (Fsp3) is 0. The van der Waals surface area contributed by atoms with Gasteiger partial charge in [0.2, 0.25) is 0 Å². The molecule has 0 amide bonds. The van der Waals surface area contributed by atoms with Gasteiger partial charge < -0.3 is 10.2 Å². The van der Waals surface area contributed by atoms with E-state index in [0.29, 0.717) is 0 Å². The highest BCUT2D eigenvalue weighted by molar-refractivity contribution is 6.34. The Morgan fingerprint density at radius 2 is 0.947 bits per heavy atom. The van der Waals surface area contributed by atoms with Crippen LogP contribution >= 0.6 is 23.2 Å². The molecule has 2 heterocycles. The van der Waals surface area contributed by atoms with Crippen LogP contribution in [0.2, 0.25) is 10.0 Å². The van der Waals surface area contributed by atoms with Gasteiger partial charge in [-0.2, -0.15) is 0 Å². The molecule has 0 aliphatic rings. The van der Waals surface area contributed by atoms with E-state index >= 15 is 0 Å². The van der Waals surface area contributed by atoms with Crippen molar-refractivity contribution < 1.29 is 29.6 Å². The van der Waals surface area contributed by atoms with Crippen LogP contribution in [0.15, 0.2) is 85.5 Å². The van der Waals surface area contributed by atoms with Crippen molar-refractivity contribution in [2.24, 2.45) is 0 Å². The molecule has 0 aliphatic carbocycles. The largest absolute Gasteiger partial charge is 0.478 e. The molecule has 14 heteroatoms. The molecule has 0 saturated heterocycles. The molecule has 0 atom stereocenters. The molecule has 12 nitrogen and oxygen atoms in total. The van der Waals surface area contributed by atoms with Gasteiger partial charge in [-0.25, -0.2) is 9.59 Å². The highest BCUT2D eigenvalue weighted by Gasteiger charge is 2.14. The number of nitro groups is 2. The Kier molecular flexibility index (Phi) is 10.8. The summed E-state index contributed by atoms with van der Waals surface area (Å²) in [5.41, 5.74) is 1.60. The second-order valence-electron chi connectivity index (χ2n) is 6.92. The van der Waals surface area contributed by atoms with E-state index in [2.05, 4.69) is 9.97 Å². The van der Waals surface area contributed by atoms with Crippen molar-refractivity contribution in [2.75, 3.05) is 0 Å². The van der Waals surface area contributed by atoms with Gasteiger partial charge in [0.25, 0.3) is 11.4 Å². The lowest BCUT2D eigenvalue weighted by atomic mass is 10.1. The number of aromatic carboxylic acids is 2. The standard InChI is InChI=1S/C10H8N2.2C7H4ClNO4/c1-5-11-6-2-9(1)10-3-7-12-8-4-10;2*8-6-3-4(9(12)13)1-2-5(6)7(10)11/h1-8H;2*1-3H,(H,10,11). The van der Waals surface area contributed by atoms with E-state index in [1.54, 1.807) is 24.8 Å². The summed E-state index contributed by atoms with van der Waals surface area (Å²) in [6.45, 7) is 0. The lowest BCUT2D eigenvalue weighted by Gasteiger charge is -1.97. The Hall–Kier alpha value is -4.94. The summed E-state index contributed by atoms with van der Waals surface area (Å²) in [6, 6.07) is 14.3. The van der Waals surface area contributed by atoms with Gasteiger partial charge in [0.1, 0.15) is 0 Å². The summed E-state index contributed by atoms with van der Waals surface area (Å²) in [5.74, 6) is -2.42. The Morgan fingerprint density at radius 3 is 1.18 bits per heavy atom. The van der Waals surface area contributed by atoms with Crippen LogP contribution in [-0.4, -0.2) is 42.0 Å². The van der Waals surface area contributed by atoms with Crippen molar-refractivity contribution in [3.05, 3.63) is 127 Å². The van der Waals surface area contributed by atoms with Crippen LogP contribution in [0.3, 0.4) is 0 Å². The summed E-state index contributed by atoms with van der Waals surface area (Å²) in [4.78, 5) is 48.0. The SMILES string of the molecule is O=C(O)c1ccc([N+](=O)[O-])cc1Cl.O=C(O)c1ccc([N+](=O)[O-])cc1Cl.c1cc(-c2ccncc2)ccn1. The predicted molar refractivity (Wildman–Crippen MR) is 138 cm³/mol. The lowest BCUT2D eigenvalue weighted by Crippen LogP contribution is -1.98. The van der Waals surface area contributed by atoms with Gasteiger partial charge in [0, 0.05) is 49.1 Å². The first kappa shape index (κ1) is 29.3. The topological polar surface area (TPSA) is 187 Å². The van der Waals surface area contributed by atoms with Crippen LogP contribution in [0, 0.1) is 20.2 Å². The van der Waals surface area contributed by atoms with Gasteiger partial charge in [0.15, 0.2) is 0 Å². The molecule has 4 rings (SSSR count). The third-order valence-electron chi connectivity index (χ3n) is 4.48. The molecule has 0 radical (unpaired) electrons. The molecular formula is C24H16Cl2N4O8. The summed E-state index contributed by atoms with van der Waals surface area (Å²) >= 11 is 11.0. The average molecular weight is 559 g/mol. The van der Waals surface area contributed by atoms with Crippen LogP contribution in [0.5, 0.6) is 0 Å². The maximum Gasteiger partial charge on any atom is 0.337 e. The fourth-order valence-corrected chi connectivity index (χ4v) is 3.18. The number of nitrogens with zero attached hydrogens (tertiary/aromatic N) is 4. The van der Waals surface area contributed by atoms with Crippen molar-refractivity contribution in [2.45, 2.75) is 0 Å². The summed E-state index contributed by atoms with van der Waals surface area (Å²) in [5, 5.41) is 37.3. The van der Waals surface area contributed by atoms with Crippen LogP contribution in [0.1, 0.15) is 20.7 Å². The number of rotatable bonds is 5. The average Bonchev–Trinajstić information content (AvgIpc) is 2.90. The molecule has 4 aromatic rings. The maximum absolute atomic E-state index is 10.4. The smallest absolute Gasteiger partial charge is 0.337 e. The van der Waals surface area contributed by atoms with Gasteiger partial charge in [-0.05, 0) is 47.5 Å². The van der Waals surface area contributed by atoms with Crippen molar-refractivity contribution in [1.82, 2.24) is 9.97 Å². The minimum Gasteiger partial charge on any atom is -0.478 e. The van der Waals surface area contributed by atoms with Gasteiger partial charge in [-0.15, -0.1) is 0 Å². The first-order valence-electron chi connectivity index (χ1n) is 10.2. The maximum atomic E-state index is 10.4. The molecule has 2 N–H and O–H groups in total. The predicted octanol–water partition coefficient (Wildman–Crippen LogP) is 6.04. The number of hydrogen-bond acceptors (Lipinski definition) is 8. The Balaban J connectivity index is 0.000000200. The number of carboxylic acid groups (broad SMARTS) is 2. The number of aromatic nitrogens is 2. The molecule has 0 fully saturated rings. The van der Waals surface area contributed by atoms with Gasteiger partial charge in [0.05, 0.1) is 31.0 Å². The normalized spacial score (nSPS) is 9.63. The Morgan fingerprint density at radius 1 is 0.632 bits per heavy atom. The zero-order valence-electron chi connectivity index (χ0n) is 19.0. The number of hydrogen-bond donors (Lipinski definition) is 2. The van der Waals surface area contributed by atoms with Crippen molar-refractivity contribution in [3.8, 4) is 11.1 Å². The van der Waals surface area contributed by atoms with E-state index in [1.807, 2.05) is 24.3 Å². The Bertz CT molecular complexity index is 1340. The number of pyridine rings is 2. The van der Waals surface area contributed by atoms with Crippen molar-refractivity contribution >= 4 is 46.5 Å². The van der Waals surface area contributed by atoms with Crippen LogP contribution in [0.4, 0.5) is 11.4 Å². The second kappa shape index (κ2) is 14.0. The third kappa shape index (κ3) is 8.62. The lowest BCUT2D eigenvalue weighted by molar-refractivity contribution is -0.385. The monoisotopic (exact) mass is 558 g/mol. The molecule has 0 spiro atoms. The fourth-order valence-electron chi connectivity index (χ4n) is 2.67. The Labute approximate surface area is 224 Å². The van der Waals surface area contributed by atoms with Gasteiger partial charge in [-0.1, -0.05) is 23.2 Å². The number of non-ortho nitro benzene ring substituents is 2. The molecular weight excluding hydrogens is 543 g/mol. The first-order valence-corrected chi connectivity index (χ1v) is 10.9. The number of nitro benzene ring substituents is 2. The van der Waals surface area contributed by atoms with E-state index in [0.717, 1.165) is 36.4 Å². The number of benzene rings is 2. The minimum atomic E-state index is -1.21. The van der Waals surface area contributed by atoms with Crippen LogP contribution in [-0.2, 0) is 0 Å². The molecule has 2 aromatic carbocycles. The zero-order valence-corrected chi connectivity index (χ0v) is 20.5. The summed E-state index contributed by atoms with van der Waals surface area (Å²) in [7, 11) is 0. The quantitative estimate of drug-likeness (QED) is 0.216. The second-order valence-corrected chi connectivity index (χ2v) is 7.74. The molecule has 38 heavy (non-hydrogen) atoms. The highest BCUT2D eigenvalue weighted by atomic mass is 35.5. The van der Waals surface area contributed by atoms with E-state index in [1.165, 1.54) is 11.1 Å². The van der Waals surface area contributed by atoms with E-state index in [4.69, 9.17) is 33.4 Å². The molecule has 194 valence electrons. The third-order valence-corrected chi connectivity index (χ3v) is 5.11. The minimum absolute atomic E-state index is 0.137. The molecule has 0 unspecified atom stereocenters. The van der Waals surface area contributed by atoms with E-state index in [9.17, 15) is 29.8 Å².